The normalized spacial score (nSPS) is 23.0. The summed E-state index contributed by atoms with van der Waals surface area (Å²) in [6.07, 6.45) is 2.04. The Labute approximate surface area is 129 Å². The minimum Gasteiger partial charge on any atom is -0.339 e. The second-order valence-electron chi connectivity index (χ2n) is 6.24. The summed E-state index contributed by atoms with van der Waals surface area (Å²) < 4.78 is 14.4. The van der Waals surface area contributed by atoms with Gasteiger partial charge in [-0.2, -0.15) is 0 Å². The van der Waals surface area contributed by atoms with Crippen LogP contribution in [0.4, 0.5) is 4.39 Å². The largest absolute Gasteiger partial charge is 0.339 e. The Morgan fingerprint density at radius 1 is 1.05 bits per heavy atom. The van der Waals surface area contributed by atoms with Gasteiger partial charge in [-0.25, -0.2) is 4.39 Å². The first-order valence-electron chi connectivity index (χ1n) is 7.88. The number of rotatable bonds is 3. The molecule has 1 aliphatic heterocycles. The lowest BCUT2D eigenvalue weighted by Gasteiger charge is -2.31. The van der Waals surface area contributed by atoms with Crippen molar-refractivity contribution in [3.63, 3.8) is 0 Å². The van der Waals surface area contributed by atoms with Gasteiger partial charge in [-0.15, -0.1) is 0 Å². The molecule has 0 radical (unpaired) electrons. The summed E-state index contributed by atoms with van der Waals surface area (Å²) in [6.45, 7) is 1.59. The van der Waals surface area contributed by atoms with Crippen molar-refractivity contribution in [1.29, 1.82) is 0 Å². The molecule has 0 bridgehead atoms. The molecule has 3 heteroatoms. The van der Waals surface area contributed by atoms with E-state index in [9.17, 15) is 9.18 Å². The van der Waals surface area contributed by atoms with Gasteiger partial charge in [0.2, 0.25) is 0 Å². The number of benzene rings is 2. The molecule has 1 heterocycles. The molecule has 2 unspecified atom stereocenters. The first kappa shape index (κ1) is 13.5. The van der Waals surface area contributed by atoms with Crippen LogP contribution in [0.25, 0.3) is 0 Å². The van der Waals surface area contributed by atoms with Gasteiger partial charge in [0.15, 0.2) is 0 Å². The molecule has 4 rings (SSSR count). The highest BCUT2D eigenvalue weighted by Gasteiger charge is 2.41. The van der Waals surface area contributed by atoms with Crippen LogP contribution >= 0.6 is 0 Å². The lowest BCUT2D eigenvalue weighted by molar-refractivity contribution is 0.0651. The van der Waals surface area contributed by atoms with Crippen molar-refractivity contribution in [2.45, 2.75) is 24.7 Å². The van der Waals surface area contributed by atoms with E-state index in [-0.39, 0.29) is 17.6 Å². The molecule has 2 atom stereocenters. The summed E-state index contributed by atoms with van der Waals surface area (Å²) >= 11 is 0. The lowest BCUT2D eigenvalue weighted by atomic mass is 10.0. The van der Waals surface area contributed by atoms with E-state index in [1.165, 1.54) is 11.6 Å². The third kappa shape index (κ3) is 2.31. The van der Waals surface area contributed by atoms with Gasteiger partial charge in [-0.3, -0.25) is 4.79 Å². The average Bonchev–Trinajstić information content (AvgIpc) is 3.26. The predicted octanol–water partition coefficient (Wildman–Crippen LogP) is 3.94. The van der Waals surface area contributed by atoms with Crippen LogP contribution in [0.1, 0.15) is 46.2 Å². The Kier molecular flexibility index (Phi) is 3.21. The average molecular weight is 295 g/mol. The lowest BCUT2D eigenvalue weighted by Crippen LogP contribution is -2.42. The van der Waals surface area contributed by atoms with Gasteiger partial charge in [0.05, 0.1) is 0 Å². The monoisotopic (exact) mass is 295 g/mol. The number of hydrogen-bond donors (Lipinski definition) is 0. The maximum atomic E-state index is 14.4. The molecule has 1 saturated heterocycles. The minimum absolute atomic E-state index is 0.0490. The zero-order valence-corrected chi connectivity index (χ0v) is 12.3. The molecule has 1 saturated carbocycles. The number of likely N-dealkylation sites (tertiary alicyclic amines) is 1. The van der Waals surface area contributed by atoms with E-state index in [0.29, 0.717) is 11.5 Å². The van der Waals surface area contributed by atoms with E-state index in [4.69, 9.17) is 0 Å². The number of amides is 1. The van der Waals surface area contributed by atoms with Gasteiger partial charge < -0.3 is 4.90 Å². The summed E-state index contributed by atoms with van der Waals surface area (Å²) in [5.41, 5.74) is 2.49. The number of carbonyl (C=O) groups is 1. The van der Waals surface area contributed by atoms with Gasteiger partial charge in [0, 0.05) is 18.7 Å². The molecule has 2 aromatic rings. The first-order valence-corrected chi connectivity index (χ1v) is 7.88. The topological polar surface area (TPSA) is 20.3 Å². The molecule has 22 heavy (non-hydrogen) atoms. The summed E-state index contributed by atoms with van der Waals surface area (Å²) in [6, 6.07) is 15.2. The molecule has 2 aliphatic rings. The summed E-state index contributed by atoms with van der Waals surface area (Å²) in [4.78, 5) is 13.9. The van der Waals surface area contributed by atoms with Crippen LogP contribution in [0.3, 0.4) is 0 Å². The fraction of sp³-hybridized carbons (Fsp3) is 0.316. The molecule has 1 aliphatic carbocycles. The Bertz CT molecular complexity index is 709. The Morgan fingerprint density at radius 2 is 1.82 bits per heavy atom. The second-order valence-corrected chi connectivity index (χ2v) is 6.24. The minimum atomic E-state index is -0.241. The van der Waals surface area contributed by atoms with Crippen molar-refractivity contribution in [2.75, 3.05) is 13.1 Å². The summed E-state index contributed by atoms with van der Waals surface area (Å²) in [5, 5.41) is 0. The smallest absolute Gasteiger partial charge is 0.253 e. The first-order chi connectivity index (χ1) is 10.7. The molecule has 0 spiro atoms. The van der Waals surface area contributed by atoms with Gasteiger partial charge in [0.1, 0.15) is 5.82 Å². The maximum absolute atomic E-state index is 14.4. The third-order valence-corrected chi connectivity index (χ3v) is 4.81. The standard InChI is InChI=1S/C19H18FNO/c20-18-11-14(19(22)21-9-4-10-21)7-8-15(18)17-12-16(17)13-5-2-1-3-6-13/h1-3,5-8,11,16-17H,4,9-10,12H2. The second kappa shape index (κ2) is 5.24. The zero-order valence-electron chi connectivity index (χ0n) is 12.3. The highest BCUT2D eigenvalue weighted by atomic mass is 19.1. The van der Waals surface area contributed by atoms with Crippen LogP contribution in [-0.4, -0.2) is 23.9 Å². The molecular formula is C19H18FNO. The van der Waals surface area contributed by atoms with E-state index < -0.39 is 0 Å². The number of nitrogens with zero attached hydrogens (tertiary/aromatic N) is 1. The van der Waals surface area contributed by atoms with E-state index >= 15 is 0 Å². The molecule has 112 valence electrons. The van der Waals surface area contributed by atoms with Crippen molar-refractivity contribution in [3.05, 3.63) is 71.0 Å². The molecule has 2 aromatic carbocycles. The Morgan fingerprint density at radius 3 is 2.45 bits per heavy atom. The molecule has 2 nitrogen and oxygen atoms in total. The van der Waals surface area contributed by atoms with Gasteiger partial charge in [-0.05, 0) is 47.9 Å². The molecule has 2 fully saturated rings. The Hall–Kier alpha value is -2.16. The quantitative estimate of drug-likeness (QED) is 0.840. The van der Waals surface area contributed by atoms with E-state index in [1.807, 2.05) is 18.2 Å². The maximum Gasteiger partial charge on any atom is 0.253 e. The van der Waals surface area contributed by atoms with Crippen molar-refractivity contribution in [2.24, 2.45) is 0 Å². The van der Waals surface area contributed by atoms with Gasteiger partial charge in [-0.1, -0.05) is 36.4 Å². The van der Waals surface area contributed by atoms with Crippen LogP contribution in [0.2, 0.25) is 0 Å². The fourth-order valence-electron chi connectivity index (χ4n) is 3.27. The fourth-order valence-corrected chi connectivity index (χ4v) is 3.27. The van der Waals surface area contributed by atoms with Crippen molar-refractivity contribution in [3.8, 4) is 0 Å². The zero-order chi connectivity index (χ0) is 15.1. The van der Waals surface area contributed by atoms with Crippen molar-refractivity contribution in [1.82, 2.24) is 4.90 Å². The van der Waals surface area contributed by atoms with Crippen LogP contribution in [-0.2, 0) is 0 Å². The molecule has 0 aromatic heterocycles. The molecule has 1 amide bonds. The van der Waals surface area contributed by atoms with E-state index in [1.54, 1.807) is 17.0 Å². The van der Waals surface area contributed by atoms with Crippen LogP contribution in [0.5, 0.6) is 0 Å². The molecular weight excluding hydrogens is 277 g/mol. The van der Waals surface area contributed by atoms with Crippen molar-refractivity contribution < 1.29 is 9.18 Å². The number of hydrogen-bond acceptors (Lipinski definition) is 1. The third-order valence-electron chi connectivity index (χ3n) is 4.81. The predicted molar refractivity (Wildman–Crippen MR) is 83.5 cm³/mol. The highest BCUT2D eigenvalue weighted by Crippen LogP contribution is 2.55. The van der Waals surface area contributed by atoms with Crippen molar-refractivity contribution >= 4 is 5.91 Å². The molecule has 0 N–H and O–H groups in total. The summed E-state index contributed by atoms with van der Waals surface area (Å²) in [7, 11) is 0. The van der Waals surface area contributed by atoms with Crippen LogP contribution < -0.4 is 0 Å². The van der Waals surface area contributed by atoms with E-state index in [2.05, 4.69) is 12.1 Å². The number of carbonyl (C=O) groups excluding carboxylic acids is 1. The van der Waals surface area contributed by atoms with Gasteiger partial charge in [0.25, 0.3) is 5.91 Å². The van der Waals surface area contributed by atoms with Crippen LogP contribution in [0, 0.1) is 5.82 Å². The Balaban J connectivity index is 1.53. The van der Waals surface area contributed by atoms with Crippen LogP contribution in [0.15, 0.2) is 48.5 Å². The van der Waals surface area contributed by atoms with E-state index in [0.717, 1.165) is 31.5 Å². The number of halogens is 1. The van der Waals surface area contributed by atoms with Gasteiger partial charge >= 0.3 is 0 Å². The SMILES string of the molecule is O=C(c1ccc(C2CC2c2ccccc2)c(F)c1)N1CCC1. The summed E-state index contributed by atoms with van der Waals surface area (Å²) in [5.74, 6) is 0.366. The highest BCUT2D eigenvalue weighted by molar-refractivity contribution is 5.94.